The summed E-state index contributed by atoms with van der Waals surface area (Å²) < 4.78 is 18.9. The summed E-state index contributed by atoms with van der Waals surface area (Å²) in [4.78, 5) is 13.7. The van der Waals surface area contributed by atoms with Crippen LogP contribution in [0.5, 0.6) is 0 Å². The van der Waals surface area contributed by atoms with Crippen molar-refractivity contribution in [2.24, 2.45) is 0 Å². The van der Waals surface area contributed by atoms with Gasteiger partial charge in [-0.05, 0) is 0 Å². The maximum Gasteiger partial charge on any atom is 0.328 e. The molecule has 20 heavy (non-hydrogen) atoms. The van der Waals surface area contributed by atoms with Gasteiger partial charge in [0.15, 0.2) is 17.6 Å². The maximum atomic E-state index is 13.4. The number of hydrogen-bond acceptors (Lipinski definition) is 6. The summed E-state index contributed by atoms with van der Waals surface area (Å²) in [6.07, 6.45) is 1.18. The Morgan fingerprint density at radius 3 is 2.80 bits per heavy atom. The van der Waals surface area contributed by atoms with Crippen molar-refractivity contribution in [2.45, 2.75) is 24.0 Å². The number of terminal acetylenes is 1. The molecule has 2 rings (SSSR count). The summed E-state index contributed by atoms with van der Waals surface area (Å²) >= 11 is 4.55. The fourth-order valence-electron chi connectivity index (χ4n) is 1.95. The molecule has 0 spiro atoms. The zero-order chi connectivity index (χ0) is 15.1. The molecule has 2 heterocycles. The van der Waals surface area contributed by atoms with Crippen LogP contribution < -0.4 is 5.69 Å². The SMILES string of the molecule is C#C[C@]1(CO)O[C@@H](n2cc(F)c(=S)[nH]c2=O)[C@@H](O)[C@H]1O. The minimum absolute atomic E-state index is 0.398. The van der Waals surface area contributed by atoms with Crippen molar-refractivity contribution in [3.63, 3.8) is 0 Å². The summed E-state index contributed by atoms with van der Waals surface area (Å²) in [5, 5.41) is 28.9. The van der Waals surface area contributed by atoms with Crippen molar-refractivity contribution >= 4 is 12.2 Å². The van der Waals surface area contributed by atoms with Gasteiger partial charge in [0.25, 0.3) is 0 Å². The van der Waals surface area contributed by atoms with Crippen LogP contribution in [0.2, 0.25) is 0 Å². The lowest BCUT2D eigenvalue weighted by Gasteiger charge is -2.23. The highest BCUT2D eigenvalue weighted by atomic mass is 32.1. The zero-order valence-electron chi connectivity index (χ0n) is 9.99. The summed E-state index contributed by atoms with van der Waals surface area (Å²) in [7, 11) is 0. The van der Waals surface area contributed by atoms with E-state index in [9.17, 15) is 24.5 Å². The van der Waals surface area contributed by atoms with Crippen molar-refractivity contribution in [1.82, 2.24) is 9.55 Å². The molecule has 0 saturated carbocycles. The van der Waals surface area contributed by atoms with E-state index in [4.69, 9.17) is 11.2 Å². The highest BCUT2D eigenvalue weighted by Gasteiger charge is 2.54. The first-order valence-electron chi connectivity index (χ1n) is 5.50. The van der Waals surface area contributed by atoms with E-state index in [1.807, 2.05) is 10.9 Å². The van der Waals surface area contributed by atoms with Gasteiger partial charge in [-0.25, -0.2) is 9.18 Å². The van der Waals surface area contributed by atoms with Gasteiger partial charge in [0.2, 0.25) is 0 Å². The number of nitrogens with zero attached hydrogens (tertiary/aromatic N) is 1. The number of halogens is 1. The number of aromatic nitrogens is 2. The number of nitrogens with one attached hydrogen (secondary N) is 1. The van der Waals surface area contributed by atoms with Crippen LogP contribution in [0.1, 0.15) is 6.23 Å². The molecule has 1 aliphatic rings. The Morgan fingerprint density at radius 2 is 2.30 bits per heavy atom. The Hall–Kier alpha value is -1.57. The average molecular weight is 302 g/mol. The largest absolute Gasteiger partial charge is 0.392 e. The summed E-state index contributed by atoms with van der Waals surface area (Å²) in [5.74, 6) is 1.12. The molecular weight excluding hydrogens is 291 g/mol. The van der Waals surface area contributed by atoms with Gasteiger partial charge in [0.1, 0.15) is 16.8 Å². The Kier molecular flexibility index (Phi) is 3.77. The molecule has 9 heteroatoms. The fourth-order valence-corrected chi connectivity index (χ4v) is 2.09. The van der Waals surface area contributed by atoms with E-state index in [1.165, 1.54) is 0 Å². The Bertz CT molecular complexity index is 681. The lowest BCUT2D eigenvalue weighted by molar-refractivity contribution is -0.0938. The van der Waals surface area contributed by atoms with Crippen LogP contribution in [0, 0.1) is 22.8 Å². The predicted molar refractivity (Wildman–Crippen MR) is 66.6 cm³/mol. The van der Waals surface area contributed by atoms with E-state index < -0.39 is 46.8 Å². The second kappa shape index (κ2) is 5.08. The Balaban J connectivity index is 2.51. The first kappa shape index (κ1) is 14.8. The lowest BCUT2D eigenvalue weighted by Crippen LogP contribution is -2.45. The van der Waals surface area contributed by atoms with Crippen molar-refractivity contribution in [2.75, 3.05) is 6.61 Å². The fraction of sp³-hybridized carbons (Fsp3) is 0.455. The highest BCUT2D eigenvalue weighted by Crippen LogP contribution is 2.35. The predicted octanol–water partition coefficient (Wildman–Crippen LogP) is -1.34. The molecular formula is C11H11FN2O5S. The number of hydrogen-bond donors (Lipinski definition) is 4. The van der Waals surface area contributed by atoms with Crippen LogP contribution in [0.4, 0.5) is 4.39 Å². The van der Waals surface area contributed by atoms with Gasteiger partial charge >= 0.3 is 5.69 Å². The molecule has 1 fully saturated rings. The lowest BCUT2D eigenvalue weighted by atomic mass is 9.97. The molecule has 0 bridgehead atoms. The molecule has 0 radical (unpaired) electrons. The maximum absolute atomic E-state index is 13.4. The number of aliphatic hydroxyl groups excluding tert-OH is 3. The third-order valence-electron chi connectivity index (χ3n) is 3.10. The van der Waals surface area contributed by atoms with Crippen LogP contribution in [-0.4, -0.2) is 49.3 Å². The molecule has 0 unspecified atom stereocenters. The van der Waals surface area contributed by atoms with E-state index >= 15 is 0 Å². The topological polar surface area (TPSA) is 108 Å². The van der Waals surface area contributed by atoms with Gasteiger partial charge in [0.05, 0.1) is 12.8 Å². The van der Waals surface area contributed by atoms with Crippen LogP contribution in [0.15, 0.2) is 11.0 Å². The second-order valence-electron chi connectivity index (χ2n) is 4.28. The van der Waals surface area contributed by atoms with Crippen LogP contribution in [0.25, 0.3) is 0 Å². The molecule has 1 aromatic heterocycles. The molecule has 7 nitrogen and oxygen atoms in total. The molecule has 108 valence electrons. The summed E-state index contributed by atoms with van der Waals surface area (Å²) in [6, 6.07) is 0. The standard InChI is InChI=1S/C11H11FN2O5S/c1-2-11(4-15)7(17)6(16)9(19-11)14-3-5(12)8(20)13-10(14)18/h1,3,6-7,9,15-17H,4H2,(H,13,18,20)/t6-,7+,9+,11+/m0/s1. The van der Waals surface area contributed by atoms with Crippen molar-refractivity contribution in [3.8, 4) is 12.3 Å². The number of aliphatic hydroxyl groups is 3. The third-order valence-corrected chi connectivity index (χ3v) is 3.40. The molecule has 0 aromatic carbocycles. The third kappa shape index (κ3) is 2.07. The molecule has 1 aromatic rings. The van der Waals surface area contributed by atoms with E-state index in [2.05, 4.69) is 12.2 Å². The van der Waals surface area contributed by atoms with Gasteiger partial charge in [-0.1, -0.05) is 18.1 Å². The van der Waals surface area contributed by atoms with E-state index in [0.717, 1.165) is 6.20 Å². The van der Waals surface area contributed by atoms with Crippen molar-refractivity contribution in [3.05, 3.63) is 27.1 Å². The van der Waals surface area contributed by atoms with E-state index in [0.29, 0.717) is 4.57 Å². The number of aromatic amines is 1. The number of ether oxygens (including phenoxy) is 1. The van der Waals surface area contributed by atoms with Gasteiger partial charge in [-0.3, -0.25) is 9.55 Å². The van der Waals surface area contributed by atoms with Crippen LogP contribution in [-0.2, 0) is 4.74 Å². The average Bonchev–Trinajstić information content (AvgIpc) is 2.68. The monoisotopic (exact) mass is 302 g/mol. The Labute approximate surface area is 117 Å². The van der Waals surface area contributed by atoms with Gasteiger partial charge < -0.3 is 20.1 Å². The first-order chi connectivity index (χ1) is 9.36. The highest BCUT2D eigenvalue weighted by molar-refractivity contribution is 7.71. The summed E-state index contributed by atoms with van der Waals surface area (Å²) in [5.41, 5.74) is -2.72. The molecule has 0 aliphatic carbocycles. The molecule has 4 atom stereocenters. The molecule has 0 amide bonds. The van der Waals surface area contributed by atoms with Crippen LogP contribution in [0.3, 0.4) is 0 Å². The Morgan fingerprint density at radius 1 is 1.65 bits per heavy atom. The van der Waals surface area contributed by atoms with Gasteiger partial charge in [-0.2, -0.15) is 0 Å². The molecule has 4 N–H and O–H groups in total. The smallest absolute Gasteiger partial charge is 0.328 e. The van der Waals surface area contributed by atoms with Crippen molar-refractivity contribution in [1.29, 1.82) is 0 Å². The first-order valence-corrected chi connectivity index (χ1v) is 5.90. The summed E-state index contributed by atoms with van der Waals surface area (Å²) in [6.45, 7) is -0.779. The minimum Gasteiger partial charge on any atom is -0.392 e. The van der Waals surface area contributed by atoms with Crippen molar-refractivity contribution < 1.29 is 24.4 Å². The number of H-pyrrole nitrogens is 1. The zero-order valence-corrected chi connectivity index (χ0v) is 10.8. The van der Waals surface area contributed by atoms with Gasteiger partial charge in [0, 0.05) is 0 Å². The van der Waals surface area contributed by atoms with E-state index in [1.54, 1.807) is 0 Å². The normalized spacial score (nSPS) is 33.0. The van der Waals surface area contributed by atoms with Gasteiger partial charge in [-0.15, -0.1) is 6.42 Å². The quantitative estimate of drug-likeness (QED) is 0.398. The van der Waals surface area contributed by atoms with Crippen LogP contribution >= 0.6 is 12.2 Å². The molecule has 1 aliphatic heterocycles. The molecule has 1 saturated heterocycles. The number of rotatable bonds is 2. The minimum atomic E-state index is -1.87. The van der Waals surface area contributed by atoms with E-state index in [-0.39, 0.29) is 0 Å². The second-order valence-corrected chi connectivity index (χ2v) is 4.69.